The molecular weight excluding hydrogens is 585 g/mol. The van der Waals surface area contributed by atoms with Gasteiger partial charge in [-0.15, -0.1) is 0 Å². The molecule has 0 aliphatic carbocycles. The van der Waals surface area contributed by atoms with E-state index in [9.17, 15) is 19.5 Å². The SMILES string of the molecule is C[C@@H](CC/C=C/C(=O)Nc1ccccc1N)[C@H](OC(=O)NC(=O)c1ccccc1)c1cc(I)ccc1O. The van der Waals surface area contributed by atoms with Crippen LogP contribution in [0.1, 0.15) is 41.8 Å². The summed E-state index contributed by atoms with van der Waals surface area (Å²) >= 11 is 2.11. The van der Waals surface area contributed by atoms with Crippen LogP contribution in [0, 0.1) is 9.49 Å². The number of nitrogens with two attached hydrogens (primary N) is 1. The molecule has 0 radical (unpaired) electrons. The molecule has 0 unspecified atom stereocenters. The molecule has 0 aromatic heterocycles. The van der Waals surface area contributed by atoms with E-state index >= 15 is 0 Å². The van der Waals surface area contributed by atoms with Gasteiger partial charge in [0.15, 0.2) is 0 Å². The molecule has 3 aromatic rings. The van der Waals surface area contributed by atoms with E-state index in [1.54, 1.807) is 72.8 Å². The summed E-state index contributed by atoms with van der Waals surface area (Å²) in [7, 11) is 0. The predicted molar refractivity (Wildman–Crippen MR) is 151 cm³/mol. The number of halogens is 1. The van der Waals surface area contributed by atoms with Gasteiger partial charge in [-0.2, -0.15) is 0 Å². The van der Waals surface area contributed by atoms with Crippen molar-refractivity contribution in [3.05, 3.63) is 99.6 Å². The molecule has 192 valence electrons. The van der Waals surface area contributed by atoms with Gasteiger partial charge in [0.05, 0.1) is 11.4 Å². The molecule has 0 saturated heterocycles. The van der Waals surface area contributed by atoms with Crippen LogP contribution in [0.2, 0.25) is 0 Å². The van der Waals surface area contributed by atoms with Crippen molar-refractivity contribution >= 4 is 51.9 Å². The summed E-state index contributed by atoms with van der Waals surface area (Å²) in [5, 5.41) is 15.4. The molecule has 0 aliphatic heterocycles. The van der Waals surface area contributed by atoms with Gasteiger partial charge in [-0.05, 0) is 89.9 Å². The molecule has 3 amide bonds. The fraction of sp³-hybridized carbons (Fsp3) is 0.179. The lowest BCUT2D eigenvalue weighted by atomic mass is 9.92. The number of para-hydroxylation sites is 2. The van der Waals surface area contributed by atoms with Crippen molar-refractivity contribution in [1.29, 1.82) is 0 Å². The first-order valence-corrected chi connectivity index (χ1v) is 12.7. The average Bonchev–Trinajstić information content (AvgIpc) is 2.88. The van der Waals surface area contributed by atoms with Gasteiger partial charge in [0.1, 0.15) is 11.9 Å². The van der Waals surface area contributed by atoms with Gasteiger partial charge in [-0.1, -0.05) is 43.3 Å². The van der Waals surface area contributed by atoms with Gasteiger partial charge >= 0.3 is 6.09 Å². The van der Waals surface area contributed by atoms with E-state index < -0.39 is 18.1 Å². The highest BCUT2D eigenvalue weighted by atomic mass is 127. The molecule has 3 aromatic carbocycles. The van der Waals surface area contributed by atoms with Crippen molar-refractivity contribution in [2.75, 3.05) is 11.1 Å². The maximum atomic E-state index is 12.6. The van der Waals surface area contributed by atoms with Crippen LogP contribution in [0.3, 0.4) is 0 Å². The van der Waals surface area contributed by atoms with Gasteiger partial charge in [0, 0.05) is 14.7 Å². The van der Waals surface area contributed by atoms with E-state index in [-0.39, 0.29) is 17.6 Å². The highest BCUT2D eigenvalue weighted by Crippen LogP contribution is 2.35. The van der Waals surface area contributed by atoms with Gasteiger partial charge in [0.25, 0.3) is 5.91 Å². The summed E-state index contributed by atoms with van der Waals surface area (Å²) in [5.74, 6) is -1.17. The lowest BCUT2D eigenvalue weighted by molar-refractivity contribution is -0.111. The summed E-state index contributed by atoms with van der Waals surface area (Å²) < 4.78 is 6.50. The highest BCUT2D eigenvalue weighted by molar-refractivity contribution is 14.1. The van der Waals surface area contributed by atoms with E-state index in [2.05, 4.69) is 33.2 Å². The minimum atomic E-state index is -0.917. The number of alkyl carbamates (subject to hydrolysis) is 1. The van der Waals surface area contributed by atoms with Crippen molar-refractivity contribution in [3.63, 3.8) is 0 Å². The van der Waals surface area contributed by atoms with Crippen molar-refractivity contribution in [2.45, 2.75) is 25.9 Å². The van der Waals surface area contributed by atoms with Crippen LogP contribution in [0.5, 0.6) is 5.75 Å². The smallest absolute Gasteiger partial charge is 0.414 e. The van der Waals surface area contributed by atoms with Crippen molar-refractivity contribution in [3.8, 4) is 5.75 Å². The second-order valence-electron chi connectivity index (χ2n) is 8.38. The Kier molecular flexibility index (Phi) is 10.1. The maximum absolute atomic E-state index is 12.6. The molecule has 5 N–H and O–H groups in total. The first-order valence-electron chi connectivity index (χ1n) is 11.6. The number of anilines is 2. The predicted octanol–water partition coefficient (Wildman–Crippen LogP) is 5.80. The Bertz CT molecular complexity index is 1280. The third kappa shape index (κ3) is 8.35. The molecule has 37 heavy (non-hydrogen) atoms. The van der Waals surface area contributed by atoms with Crippen molar-refractivity contribution in [1.82, 2.24) is 5.32 Å². The number of phenols is 1. The van der Waals surface area contributed by atoms with E-state index in [1.165, 1.54) is 12.1 Å². The number of nitrogen functional groups attached to an aromatic ring is 1. The molecule has 3 rings (SSSR count). The summed E-state index contributed by atoms with van der Waals surface area (Å²) in [6.45, 7) is 1.87. The quantitative estimate of drug-likeness (QED) is 0.137. The molecule has 0 aliphatic rings. The lowest BCUT2D eigenvalue weighted by Gasteiger charge is -2.25. The topological polar surface area (TPSA) is 131 Å². The van der Waals surface area contributed by atoms with Crippen LogP contribution < -0.4 is 16.4 Å². The van der Waals surface area contributed by atoms with Crippen LogP contribution >= 0.6 is 22.6 Å². The number of hydrogen-bond donors (Lipinski definition) is 4. The summed E-state index contributed by atoms with van der Waals surface area (Å²) in [5.41, 5.74) is 7.61. The number of allylic oxidation sites excluding steroid dienone is 1. The number of nitrogens with one attached hydrogen (secondary N) is 2. The zero-order valence-electron chi connectivity index (χ0n) is 20.2. The molecule has 2 atom stereocenters. The summed E-state index contributed by atoms with van der Waals surface area (Å²) in [6.07, 6.45) is 2.43. The Labute approximate surface area is 229 Å². The first kappa shape index (κ1) is 27.7. The average molecular weight is 613 g/mol. The summed E-state index contributed by atoms with van der Waals surface area (Å²) in [6, 6.07) is 20.3. The first-order chi connectivity index (χ1) is 17.7. The number of phenolic OH excluding ortho intramolecular Hbond substituents is 1. The molecule has 9 heteroatoms. The van der Waals surface area contributed by atoms with Crippen LogP contribution in [0.15, 0.2) is 84.9 Å². The largest absolute Gasteiger partial charge is 0.508 e. The van der Waals surface area contributed by atoms with E-state index in [1.807, 2.05) is 6.92 Å². The van der Waals surface area contributed by atoms with Gasteiger partial charge in [0.2, 0.25) is 5.91 Å². The maximum Gasteiger partial charge on any atom is 0.414 e. The number of imide groups is 1. The fourth-order valence-corrected chi connectivity index (χ4v) is 4.14. The highest BCUT2D eigenvalue weighted by Gasteiger charge is 2.27. The number of carbonyl (C=O) groups excluding carboxylic acids is 3. The molecule has 8 nitrogen and oxygen atoms in total. The number of amides is 3. The summed E-state index contributed by atoms with van der Waals surface area (Å²) in [4.78, 5) is 37.2. The third-order valence-electron chi connectivity index (χ3n) is 5.58. The van der Waals surface area contributed by atoms with Gasteiger partial charge in [-0.25, -0.2) is 4.79 Å². The number of benzene rings is 3. The second kappa shape index (κ2) is 13.4. The molecule has 0 heterocycles. The van der Waals surface area contributed by atoms with Crippen molar-refractivity contribution in [2.24, 2.45) is 5.92 Å². The molecule has 0 bridgehead atoms. The molecule has 0 spiro atoms. The van der Waals surface area contributed by atoms with E-state index in [0.717, 1.165) is 3.57 Å². The number of aromatic hydroxyl groups is 1. The van der Waals surface area contributed by atoms with E-state index in [4.69, 9.17) is 10.5 Å². The normalized spacial score (nSPS) is 12.5. The lowest BCUT2D eigenvalue weighted by Crippen LogP contribution is -2.33. The van der Waals surface area contributed by atoms with Gasteiger partial charge < -0.3 is 20.9 Å². The Morgan fingerprint density at radius 2 is 1.76 bits per heavy atom. The van der Waals surface area contributed by atoms with Crippen LogP contribution in [-0.4, -0.2) is 23.0 Å². The zero-order valence-corrected chi connectivity index (χ0v) is 22.3. The third-order valence-corrected chi connectivity index (χ3v) is 6.25. The zero-order chi connectivity index (χ0) is 26.8. The van der Waals surface area contributed by atoms with Crippen LogP contribution in [-0.2, 0) is 9.53 Å². The minimum Gasteiger partial charge on any atom is -0.508 e. The standard InChI is InChI=1S/C28H28IN3O5/c1-18(9-5-8-14-25(34)31-23-13-7-6-12-22(23)30)26(21-17-20(29)15-16-24(21)33)37-28(36)32-27(35)19-10-3-2-4-11-19/h2-4,6-8,10-18,26,33H,5,9,30H2,1H3,(H,31,34)(H,32,35,36)/b14-8+/t18-,26-/m0/s1. The Hall–Kier alpha value is -3.86. The van der Waals surface area contributed by atoms with Gasteiger partial charge in [-0.3, -0.25) is 14.9 Å². The number of ether oxygens (including phenoxy) is 1. The minimum absolute atomic E-state index is 0.0187. The van der Waals surface area contributed by atoms with E-state index in [0.29, 0.717) is 35.3 Å². The monoisotopic (exact) mass is 613 g/mol. The Morgan fingerprint density at radius 1 is 1.05 bits per heavy atom. The fourth-order valence-electron chi connectivity index (χ4n) is 3.62. The molecule has 0 saturated carbocycles. The number of rotatable bonds is 9. The molecular formula is C28H28IN3O5. The van der Waals surface area contributed by atoms with Crippen LogP contribution in [0.25, 0.3) is 0 Å². The Morgan fingerprint density at radius 3 is 2.49 bits per heavy atom. The van der Waals surface area contributed by atoms with Crippen LogP contribution in [0.4, 0.5) is 16.2 Å². The Balaban J connectivity index is 1.65. The second-order valence-corrected chi connectivity index (χ2v) is 9.63. The number of carbonyl (C=O) groups is 3. The van der Waals surface area contributed by atoms with Crippen molar-refractivity contribution < 1.29 is 24.2 Å². The molecule has 0 fully saturated rings. The number of hydrogen-bond acceptors (Lipinski definition) is 6.